The second-order valence-electron chi connectivity index (χ2n) is 9.02. The highest BCUT2D eigenvalue weighted by Gasteiger charge is 2.44. The minimum atomic E-state index is -1.29. The fourth-order valence-corrected chi connectivity index (χ4v) is 4.90. The van der Waals surface area contributed by atoms with Gasteiger partial charge in [0, 0.05) is 22.3 Å². The average molecular weight is 555 g/mol. The van der Waals surface area contributed by atoms with Gasteiger partial charge in [0.1, 0.15) is 24.4 Å². The SMILES string of the molecule is CNC1c2ccccc2C(=O)N1C(CC(=O)O)C(N)=O.CNC1c2ccccc2C(=O)N1C(CC(N)=O)C(=O)O. The summed E-state index contributed by atoms with van der Waals surface area (Å²) in [5, 5.41) is 24.0. The lowest BCUT2D eigenvalue weighted by Gasteiger charge is -2.30. The van der Waals surface area contributed by atoms with Crippen molar-refractivity contribution in [2.75, 3.05) is 14.1 Å². The highest BCUT2D eigenvalue weighted by atomic mass is 16.4. The van der Waals surface area contributed by atoms with Crippen LogP contribution in [0.2, 0.25) is 0 Å². The zero-order chi connectivity index (χ0) is 29.7. The van der Waals surface area contributed by atoms with Gasteiger partial charge in [-0.25, -0.2) is 4.79 Å². The van der Waals surface area contributed by atoms with E-state index in [-0.39, 0.29) is 0 Å². The summed E-state index contributed by atoms with van der Waals surface area (Å²) in [6.45, 7) is 0. The number of hydrogen-bond acceptors (Lipinski definition) is 8. The maximum Gasteiger partial charge on any atom is 0.327 e. The fourth-order valence-electron chi connectivity index (χ4n) is 4.90. The van der Waals surface area contributed by atoms with Gasteiger partial charge in [-0.3, -0.25) is 34.6 Å². The van der Waals surface area contributed by atoms with E-state index in [2.05, 4.69) is 10.6 Å². The molecule has 4 unspecified atom stereocenters. The number of rotatable bonds is 10. The van der Waals surface area contributed by atoms with Gasteiger partial charge >= 0.3 is 11.9 Å². The van der Waals surface area contributed by atoms with Crippen molar-refractivity contribution >= 4 is 35.6 Å². The van der Waals surface area contributed by atoms with Gasteiger partial charge in [-0.2, -0.15) is 0 Å². The number of amides is 4. The molecule has 0 saturated heterocycles. The van der Waals surface area contributed by atoms with E-state index < -0.39 is 72.8 Å². The molecule has 0 bridgehead atoms. The molecule has 8 N–H and O–H groups in total. The summed E-state index contributed by atoms with van der Waals surface area (Å²) < 4.78 is 0. The topological polar surface area (TPSA) is 225 Å². The minimum Gasteiger partial charge on any atom is -0.481 e. The number of carbonyl (C=O) groups excluding carboxylic acids is 4. The van der Waals surface area contributed by atoms with Crippen LogP contribution in [0, 0.1) is 0 Å². The summed E-state index contributed by atoms with van der Waals surface area (Å²) in [5.74, 6) is -4.87. The molecule has 14 heteroatoms. The summed E-state index contributed by atoms with van der Waals surface area (Å²) in [7, 11) is 3.25. The number of hydrogen-bond donors (Lipinski definition) is 6. The molecule has 40 heavy (non-hydrogen) atoms. The third-order valence-corrected chi connectivity index (χ3v) is 6.59. The summed E-state index contributed by atoms with van der Waals surface area (Å²) in [6.07, 6.45) is -2.09. The van der Waals surface area contributed by atoms with Crippen LogP contribution < -0.4 is 22.1 Å². The van der Waals surface area contributed by atoms with E-state index >= 15 is 0 Å². The molecule has 4 rings (SSSR count). The van der Waals surface area contributed by atoms with Crippen molar-refractivity contribution < 1.29 is 39.0 Å². The number of fused-ring (bicyclic) bond motifs is 2. The van der Waals surface area contributed by atoms with E-state index in [1.54, 1.807) is 62.6 Å². The van der Waals surface area contributed by atoms with Crippen LogP contribution in [0.1, 0.15) is 57.0 Å². The van der Waals surface area contributed by atoms with Crippen molar-refractivity contribution in [1.82, 2.24) is 20.4 Å². The van der Waals surface area contributed by atoms with E-state index in [9.17, 15) is 33.9 Å². The Morgan fingerprint density at radius 1 is 0.775 bits per heavy atom. The number of carboxylic acids is 2. The van der Waals surface area contributed by atoms with Crippen molar-refractivity contribution in [3.8, 4) is 0 Å². The molecule has 0 spiro atoms. The van der Waals surface area contributed by atoms with Crippen molar-refractivity contribution in [2.24, 2.45) is 11.5 Å². The zero-order valence-electron chi connectivity index (χ0n) is 21.7. The van der Waals surface area contributed by atoms with Gasteiger partial charge in [-0.15, -0.1) is 0 Å². The Morgan fingerprint density at radius 2 is 1.20 bits per heavy atom. The van der Waals surface area contributed by atoms with Gasteiger partial charge in [-0.1, -0.05) is 36.4 Å². The van der Waals surface area contributed by atoms with Gasteiger partial charge in [0.15, 0.2) is 0 Å². The van der Waals surface area contributed by atoms with Crippen LogP contribution in [0.5, 0.6) is 0 Å². The molecule has 0 aromatic heterocycles. The van der Waals surface area contributed by atoms with Crippen molar-refractivity contribution in [1.29, 1.82) is 0 Å². The summed E-state index contributed by atoms with van der Waals surface area (Å²) >= 11 is 0. The molecule has 0 fully saturated rings. The highest BCUT2D eigenvalue weighted by Crippen LogP contribution is 2.35. The van der Waals surface area contributed by atoms with E-state index in [4.69, 9.17) is 16.6 Å². The number of benzene rings is 2. The predicted octanol–water partition coefficient (Wildman–Crippen LogP) is -0.622. The number of carbonyl (C=O) groups is 6. The smallest absolute Gasteiger partial charge is 0.327 e. The van der Waals surface area contributed by atoms with Crippen molar-refractivity contribution in [3.63, 3.8) is 0 Å². The highest BCUT2D eigenvalue weighted by molar-refractivity contribution is 6.03. The van der Waals surface area contributed by atoms with E-state index in [1.165, 1.54) is 4.90 Å². The first kappa shape index (κ1) is 29.7. The van der Waals surface area contributed by atoms with Crippen molar-refractivity contribution in [3.05, 3.63) is 70.8 Å². The average Bonchev–Trinajstić information content (AvgIpc) is 3.36. The van der Waals surface area contributed by atoms with Crippen molar-refractivity contribution in [2.45, 2.75) is 37.3 Å². The number of nitrogens with one attached hydrogen (secondary N) is 2. The Bertz CT molecular complexity index is 1250. The third kappa shape index (κ3) is 5.77. The van der Waals surface area contributed by atoms with Gasteiger partial charge in [-0.05, 0) is 26.2 Å². The molecule has 4 amide bonds. The molecule has 212 valence electrons. The quantitative estimate of drug-likeness (QED) is 0.218. The number of aliphatic carboxylic acids is 2. The second kappa shape index (κ2) is 12.4. The molecule has 0 radical (unpaired) electrons. The largest absolute Gasteiger partial charge is 0.481 e. The fraction of sp³-hybridized carbons (Fsp3) is 0.308. The monoisotopic (exact) mass is 554 g/mol. The maximum atomic E-state index is 12.4. The number of nitrogens with two attached hydrogens (primary N) is 2. The van der Waals surface area contributed by atoms with Crippen LogP contribution in [0.15, 0.2) is 48.5 Å². The van der Waals surface area contributed by atoms with Gasteiger partial charge in [0.2, 0.25) is 11.8 Å². The van der Waals surface area contributed by atoms with Gasteiger partial charge in [0.05, 0.1) is 12.8 Å². The Hall–Kier alpha value is -4.82. The first-order chi connectivity index (χ1) is 18.9. The molecule has 4 atom stereocenters. The standard InChI is InChI=1S/2C13H15N3O4/c1-15-12-7-4-2-3-5-8(7)13(20)16(12)9(11(14)19)6-10(17)18;1-15-11-7-4-2-3-5-8(7)12(18)16(11)9(13(19)20)6-10(14)17/h2-5,9,12,15H,6H2,1H3,(H2,14,19)(H,17,18);2-5,9,11,15H,6H2,1H3,(H2,14,17)(H,19,20). The molecule has 2 aliphatic rings. The van der Waals surface area contributed by atoms with Crippen LogP contribution in [0.4, 0.5) is 0 Å². The van der Waals surface area contributed by atoms with Gasteiger partial charge in [0.25, 0.3) is 11.8 Å². The Balaban J connectivity index is 0.000000220. The number of nitrogens with zero attached hydrogens (tertiary/aromatic N) is 2. The Kier molecular flexibility index (Phi) is 9.19. The lowest BCUT2D eigenvalue weighted by molar-refractivity contribution is -0.145. The first-order valence-corrected chi connectivity index (χ1v) is 12.1. The Labute approximate surface area is 228 Å². The molecule has 2 aromatic rings. The predicted molar refractivity (Wildman–Crippen MR) is 139 cm³/mol. The summed E-state index contributed by atoms with van der Waals surface area (Å²) in [5.41, 5.74) is 12.6. The molecule has 0 saturated carbocycles. The lowest BCUT2D eigenvalue weighted by atomic mass is 10.1. The first-order valence-electron chi connectivity index (χ1n) is 12.1. The van der Waals surface area contributed by atoms with Crippen LogP contribution in [0.25, 0.3) is 0 Å². The molecule has 2 heterocycles. The third-order valence-electron chi connectivity index (χ3n) is 6.59. The van der Waals surface area contributed by atoms with E-state index in [0.717, 1.165) is 4.90 Å². The number of primary amides is 2. The molecule has 2 aliphatic heterocycles. The van der Waals surface area contributed by atoms with E-state index in [1.807, 2.05) is 0 Å². The van der Waals surface area contributed by atoms with Crippen LogP contribution >= 0.6 is 0 Å². The second-order valence-corrected chi connectivity index (χ2v) is 9.02. The summed E-state index contributed by atoms with van der Waals surface area (Å²) in [6, 6.07) is 11.3. The normalized spacial score (nSPS) is 18.8. The molecular formula is C26H30N6O8. The van der Waals surface area contributed by atoms with Crippen LogP contribution in [-0.4, -0.2) is 81.8 Å². The minimum absolute atomic E-state index is 0.398. The number of carboxylic acid groups (broad SMARTS) is 2. The maximum absolute atomic E-state index is 12.4. The van der Waals surface area contributed by atoms with E-state index in [0.29, 0.717) is 22.3 Å². The van der Waals surface area contributed by atoms with Crippen LogP contribution in [0.3, 0.4) is 0 Å². The van der Waals surface area contributed by atoms with Crippen LogP contribution in [-0.2, 0) is 19.2 Å². The molecule has 14 nitrogen and oxygen atoms in total. The zero-order valence-corrected chi connectivity index (χ0v) is 21.7. The Morgan fingerprint density at radius 3 is 1.55 bits per heavy atom. The molecule has 2 aromatic carbocycles. The lowest BCUT2D eigenvalue weighted by Crippen LogP contribution is -2.50. The summed E-state index contributed by atoms with van der Waals surface area (Å²) in [4.78, 5) is 71.9. The molecule has 0 aliphatic carbocycles. The van der Waals surface area contributed by atoms with Gasteiger partial charge < -0.3 is 31.5 Å². The molecular weight excluding hydrogens is 524 g/mol.